The zero-order chi connectivity index (χ0) is 35.0. The monoisotopic (exact) mass is 659 g/mol. The number of aliphatic carboxylic acids is 1. The van der Waals surface area contributed by atoms with E-state index >= 15 is 0 Å². The molecule has 1 heterocycles. The first-order valence-electron chi connectivity index (χ1n) is 17.7. The van der Waals surface area contributed by atoms with Gasteiger partial charge in [-0.2, -0.15) is 0 Å². The number of ether oxygens (including phenoxy) is 2. The molecule has 9 nitrogen and oxygen atoms in total. The highest BCUT2D eigenvalue weighted by Crippen LogP contribution is 2.59. The molecule has 0 aromatic rings. The minimum absolute atomic E-state index is 0.153. The third-order valence-corrected chi connectivity index (χ3v) is 12.9. The largest absolute Gasteiger partial charge is 0.481 e. The second-order valence-electron chi connectivity index (χ2n) is 16.2. The molecule has 266 valence electrons. The van der Waals surface area contributed by atoms with Gasteiger partial charge < -0.3 is 35.2 Å². The molecule has 9 heteroatoms. The van der Waals surface area contributed by atoms with Crippen molar-refractivity contribution in [2.75, 3.05) is 6.61 Å². The van der Waals surface area contributed by atoms with Crippen LogP contribution in [-0.2, 0) is 19.1 Å². The minimum Gasteiger partial charge on any atom is -0.481 e. The number of amides is 1. The lowest BCUT2D eigenvalue weighted by molar-refractivity contribution is -0.301. The van der Waals surface area contributed by atoms with Crippen molar-refractivity contribution in [3.05, 3.63) is 36.0 Å². The number of carbonyl (C=O) groups is 2. The molecule has 0 spiro atoms. The van der Waals surface area contributed by atoms with Crippen molar-refractivity contribution >= 4 is 11.9 Å². The van der Waals surface area contributed by atoms with E-state index in [-0.39, 0.29) is 41.1 Å². The Balaban J connectivity index is 1.56. The molecule has 0 aromatic heterocycles. The number of allylic oxidation sites excluding steroid dienone is 4. The van der Waals surface area contributed by atoms with E-state index in [0.717, 1.165) is 44.1 Å². The lowest BCUT2D eigenvalue weighted by Crippen LogP contribution is -2.66. The Morgan fingerprint density at radius 1 is 1.15 bits per heavy atom. The second kappa shape index (κ2) is 14.8. The molecule has 5 N–H and O–H groups in total. The maximum absolute atomic E-state index is 12.0. The summed E-state index contributed by atoms with van der Waals surface area (Å²) in [5.41, 5.74) is 3.34. The molecule has 13 atom stereocenters. The zero-order valence-corrected chi connectivity index (χ0v) is 29.7. The summed E-state index contributed by atoms with van der Waals surface area (Å²) >= 11 is 0. The van der Waals surface area contributed by atoms with E-state index in [0.29, 0.717) is 30.1 Å². The van der Waals surface area contributed by atoms with E-state index < -0.39 is 43.2 Å². The van der Waals surface area contributed by atoms with Crippen LogP contribution >= 0.6 is 0 Å². The number of hydrogen-bond acceptors (Lipinski definition) is 7. The summed E-state index contributed by atoms with van der Waals surface area (Å²) in [5.74, 6) is 0.760. The van der Waals surface area contributed by atoms with Gasteiger partial charge in [0.05, 0.1) is 12.7 Å². The topological polar surface area (TPSA) is 146 Å². The van der Waals surface area contributed by atoms with Crippen LogP contribution in [0.15, 0.2) is 36.0 Å². The summed E-state index contributed by atoms with van der Waals surface area (Å²) in [4.78, 5) is 23.7. The molecule has 0 bridgehead atoms. The summed E-state index contributed by atoms with van der Waals surface area (Å²) in [6.07, 6.45) is 3.68. The van der Waals surface area contributed by atoms with E-state index in [1.165, 1.54) is 18.1 Å². The number of nitrogens with one attached hydrogen (secondary N) is 1. The molecule has 3 aliphatic carbocycles. The molecular weight excluding hydrogens is 598 g/mol. The normalized spacial score (nSPS) is 41.8. The lowest BCUT2D eigenvalue weighted by atomic mass is 9.50. The quantitative estimate of drug-likeness (QED) is 0.147. The minimum atomic E-state index is -1.36. The number of rotatable bonds is 11. The fraction of sp³-hybridized carbons (Fsp3) is 0.789. The predicted octanol–water partition coefficient (Wildman–Crippen LogP) is 5.39. The number of aliphatic hydroxyl groups is 3. The number of hydrogen-bond donors (Lipinski definition) is 5. The van der Waals surface area contributed by atoms with Crippen molar-refractivity contribution in [1.82, 2.24) is 5.32 Å². The average molecular weight is 660 g/mol. The van der Waals surface area contributed by atoms with Crippen molar-refractivity contribution in [2.45, 2.75) is 137 Å². The first kappa shape index (κ1) is 37.8. The highest BCUT2D eigenvalue weighted by Gasteiger charge is 2.55. The third-order valence-electron chi connectivity index (χ3n) is 12.9. The van der Waals surface area contributed by atoms with Crippen LogP contribution in [0.5, 0.6) is 0 Å². The third kappa shape index (κ3) is 7.59. The van der Waals surface area contributed by atoms with Gasteiger partial charge in [0.2, 0.25) is 5.91 Å². The van der Waals surface area contributed by atoms with Gasteiger partial charge in [-0.1, -0.05) is 63.6 Å². The molecule has 1 aliphatic heterocycles. The van der Waals surface area contributed by atoms with Gasteiger partial charge in [-0.05, 0) is 105 Å². The van der Waals surface area contributed by atoms with E-state index in [2.05, 4.69) is 66.1 Å². The number of fused-ring (bicyclic) bond motifs is 1. The first-order valence-corrected chi connectivity index (χ1v) is 17.7. The maximum atomic E-state index is 12.0. The molecule has 0 radical (unpaired) electrons. The Kier molecular flexibility index (Phi) is 11.9. The maximum Gasteiger partial charge on any atom is 0.303 e. The number of carbonyl (C=O) groups excluding carboxylic acids is 1. The van der Waals surface area contributed by atoms with E-state index in [1.54, 1.807) is 0 Å². The van der Waals surface area contributed by atoms with Crippen LogP contribution in [0.1, 0.15) is 99.8 Å². The van der Waals surface area contributed by atoms with Crippen molar-refractivity contribution in [2.24, 2.45) is 46.3 Å². The number of aliphatic hydroxyl groups excluding tert-OH is 3. The van der Waals surface area contributed by atoms with Crippen molar-refractivity contribution < 1.29 is 39.5 Å². The van der Waals surface area contributed by atoms with Gasteiger partial charge in [-0.3, -0.25) is 9.59 Å². The van der Waals surface area contributed by atoms with Crippen LogP contribution in [0.2, 0.25) is 0 Å². The van der Waals surface area contributed by atoms with E-state index in [9.17, 15) is 30.0 Å². The van der Waals surface area contributed by atoms with Gasteiger partial charge in [0.1, 0.15) is 24.4 Å². The SMILES string of the molecule is C=C1CC[C@@H]2[C@H]([C@@H]1CC[C@@H]1C(C)=CC[C@H](C(=C)C)[C@]1(C)CCC(=O)O)[C@@H](C)C[C@H](O[C@@H]1O[C@H](CO)[C@H](O)[C@H](O)[C@H]1NC(C)=O)C2(C)C. The highest BCUT2D eigenvalue weighted by atomic mass is 16.7. The summed E-state index contributed by atoms with van der Waals surface area (Å²) < 4.78 is 12.6. The molecule has 4 aliphatic rings. The van der Waals surface area contributed by atoms with E-state index in [4.69, 9.17) is 9.47 Å². The first-order chi connectivity index (χ1) is 21.9. The molecule has 3 fully saturated rings. The van der Waals surface area contributed by atoms with Gasteiger partial charge in [-0.15, -0.1) is 0 Å². The summed E-state index contributed by atoms with van der Waals surface area (Å²) in [5, 5.41) is 43.5. The van der Waals surface area contributed by atoms with Crippen LogP contribution < -0.4 is 5.32 Å². The van der Waals surface area contributed by atoms with Gasteiger partial charge in [0.15, 0.2) is 6.29 Å². The smallest absolute Gasteiger partial charge is 0.303 e. The predicted molar refractivity (Wildman–Crippen MR) is 181 cm³/mol. The van der Waals surface area contributed by atoms with Crippen molar-refractivity contribution in [1.29, 1.82) is 0 Å². The Bertz CT molecular complexity index is 1210. The Morgan fingerprint density at radius 3 is 2.43 bits per heavy atom. The van der Waals surface area contributed by atoms with Gasteiger partial charge >= 0.3 is 5.97 Å². The lowest BCUT2D eigenvalue weighted by Gasteiger charge is -2.58. The summed E-state index contributed by atoms with van der Waals surface area (Å²) in [6.45, 7) is 23.1. The molecule has 0 aromatic carbocycles. The average Bonchev–Trinajstić information content (AvgIpc) is 2.98. The van der Waals surface area contributed by atoms with Crippen LogP contribution in [0.25, 0.3) is 0 Å². The van der Waals surface area contributed by atoms with Gasteiger partial charge in [0.25, 0.3) is 0 Å². The molecule has 0 unspecified atom stereocenters. The summed E-state index contributed by atoms with van der Waals surface area (Å²) in [7, 11) is 0. The highest BCUT2D eigenvalue weighted by molar-refractivity contribution is 5.73. The fourth-order valence-corrected chi connectivity index (χ4v) is 10.2. The van der Waals surface area contributed by atoms with Crippen molar-refractivity contribution in [3.63, 3.8) is 0 Å². The summed E-state index contributed by atoms with van der Waals surface area (Å²) in [6, 6.07) is -0.974. The van der Waals surface area contributed by atoms with Gasteiger partial charge in [-0.25, -0.2) is 0 Å². The van der Waals surface area contributed by atoms with Crippen LogP contribution in [0.4, 0.5) is 0 Å². The van der Waals surface area contributed by atoms with Crippen molar-refractivity contribution in [3.8, 4) is 0 Å². The second-order valence-corrected chi connectivity index (χ2v) is 16.2. The Labute approximate surface area is 281 Å². The molecule has 4 rings (SSSR count). The zero-order valence-electron chi connectivity index (χ0n) is 29.7. The molecule has 1 saturated heterocycles. The standard InChI is InChI=1S/C38H61NO8/c1-20(2)26-13-11-22(4)27(38(26,9)17-16-31(42)43)15-12-25-21(3)10-14-28-32(25)23(5)18-30(37(28,7)8)47-36-33(39-24(6)41)35(45)34(44)29(19-40)46-36/h11,23,25-30,32-36,40,44-45H,1,3,10,12-19H2,2,4-9H3,(H,39,41)(H,42,43)/t23-,25+,26+,27+,28+,29+,30-,32-,33+,34-,35+,36-,38-/m0/s1. The fourth-order valence-electron chi connectivity index (χ4n) is 10.2. The van der Waals surface area contributed by atoms with Crippen LogP contribution in [0, 0.1) is 46.3 Å². The van der Waals surface area contributed by atoms with E-state index in [1.807, 2.05) is 0 Å². The molecule has 47 heavy (non-hydrogen) atoms. The Hall–Kier alpha value is -2.04. The van der Waals surface area contributed by atoms with Crippen LogP contribution in [-0.4, -0.2) is 75.7 Å². The molecule has 2 saturated carbocycles. The Morgan fingerprint density at radius 2 is 1.83 bits per heavy atom. The molecular formula is C38H61NO8. The number of carboxylic acid groups (broad SMARTS) is 1. The molecule has 1 amide bonds. The van der Waals surface area contributed by atoms with Gasteiger partial charge in [0, 0.05) is 13.3 Å². The van der Waals surface area contributed by atoms with Crippen LogP contribution in [0.3, 0.4) is 0 Å². The number of carboxylic acids is 1.